The Balaban J connectivity index is 0.000000166. The van der Waals surface area contributed by atoms with E-state index in [-0.39, 0.29) is 84.1 Å². The number of amides is 4. The number of carbonyl (C=O) groups excluding carboxylic acids is 4. The van der Waals surface area contributed by atoms with Gasteiger partial charge in [-0.2, -0.15) is 0 Å². The van der Waals surface area contributed by atoms with Crippen molar-refractivity contribution < 1.29 is 36.0 Å². The highest BCUT2D eigenvalue weighted by atomic mass is 32.2. The van der Waals surface area contributed by atoms with Gasteiger partial charge in [0.2, 0.25) is 0 Å². The van der Waals surface area contributed by atoms with Crippen molar-refractivity contribution >= 4 is 43.3 Å². The van der Waals surface area contributed by atoms with Gasteiger partial charge in [0.05, 0.1) is 20.0 Å². The Labute approximate surface area is 383 Å². The van der Waals surface area contributed by atoms with Gasteiger partial charge in [0.25, 0.3) is 34.7 Å². The van der Waals surface area contributed by atoms with E-state index in [1.165, 1.54) is 33.4 Å². The van der Waals surface area contributed by atoms with Crippen molar-refractivity contribution in [2.24, 2.45) is 0 Å². The van der Waals surface area contributed by atoms with E-state index in [0.717, 1.165) is 22.3 Å². The molecule has 66 heavy (non-hydrogen) atoms. The molecular weight excluding hydrogens is 885 g/mol. The zero-order valence-corrected chi connectivity index (χ0v) is 38.7. The van der Waals surface area contributed by atoms with Crippen LogP contribution >= 0.6 is 0 Å². The van der Waals surface area contributed by atoms with Gasteiger partial charge in [-0.1, -0.05) is 59.7 Å². The Morgan fingerprint density at radius 1 is 0.530 bits per heavy atom. The van der Waals surface area contributed by atoms with Gasteiger partial charge in [0, 0.05) is 52.4 Å². The van der Waals surface area contributed by atoms with Crippen LogP contribution in [0.4, 0.5) is 0 Å². The third kappa shape index (κ3) is 8.64. The molecule has 0 radical (unpaired) electrons. The number of nitrogens with one attached hydrogen (secondary N) is 2. The topological polar surface area (TPSA) is 211 Å². The van der Waals surface area contributed by atoms with Crippen molar-refractivity contribution in [2.75, 3.05) is 26.2 Å². The minimum absolute atomic E-state index is 0.0120. The van der Waals surface area contributed by atoms with Crippen LogP contribution in [-0.4, -0.2) is 106 Å². The van der Waals surface area contributed by atoms with Crippen LogP contribution in [-0.2, 0) is 45.9 Å². The van der Waals surface area contributed by atoms with Crippen LogP contribution in [0.1, 0.15) is 115 Å². The zero-order valence-electron chi connectivity index (χ0n) is 37.1. The maximum absolute atomic E-state index is 13.1. The molecule has 0 saturated heterocycles. The predicted molar refractivity (Wildman–Crippen MR) is 246 cm³/mol. The summed E-state index contributed by atoms with van der Waals surface area (Å²) in [6.45, 7) is 5.89. The molecule has 0 unspecified atom stereocenters. The third-order valence-corrected chi connectivity index (χ3v) is 20.1. The first-order chi connectivity index (χ1) is 31.4. The second-order valence-electron chi connectivity index (χ2n) is 18.8. The van der Waals surface area contributed by atoms with Gasteiger partial charge in [-0.15, -0.1) is 0 Å². The average molecular weight is 939 g/mol. The SMILES string of the molecule is Cc1ccc(CNC(=O)c2ccc3n(c2=O)CCN(CC2(S(=O)(=O)C4CC4)CC2)C3=O)cc1.Cc1ccc(CNC(=O)c2ccc3n(c2=O)CCN(CC2(S(=O)(=O)C4CC4)CC2)C3=O)cc1. The zero-order chi connectivity index (χ0) is 46.8. The number of fused-ring (bicyclic) bond motifs is 2. The first kappa shape index (κ1) is 45.3. The maximum Gasteiger partial charge on any atom is 0.270 e. The Hall–Kier alpha value is -5.88. The number of benzene rings is 2. The summed E-state index contributed by atoms with van der Waals surface area (Å²) >= 11 is 0. The van der Waals surface area contributed by atoms with Crippen LogP contribution in [0.25, 0.3) is 0 Å². The molecule has 6 aliphatic rings. The summed E-state index contributed by atoms with van der Waals surface area (Å²) in [7, 11) is -6.46. The van der Waals surface area contributed by atoms with Crippen molar-refractivity contribution in [2.45, 2.75) is 111 Å². The fourth-order valence-corrected chi connectivity index (χ4v) is 14.0. The highest BCUT2D eigenvalue weighted by Gasteiger charge is 2.61. The third-order valence-electron chi connectivity index (χ3n) is 13.9. The van der Waals surface area contributed by atoms with E-state index in [1.807, 2.05) is 62.4 Å². The lowest BCUT2D eigenvalue weighted by Gasteiger charge is -2.32. The maximum atomic E-state index is 13.1. The van der Waals surface area contributed by atoms with E-state index in [0.29, 0.717) is 64.5 Å². The van der Waals surface area contributed by atoms with Crippen LogP contribution in [0.3, 0.4) is 0 Å². The van der Waals surface area contributed by atoms with Crippen molar-refractivity contribution in [1.82, 2.24) is 29.6 Å². The predicted octanol–water partition coefficient (Wildman–Crippen LogP) is 3.30. The smallest absolute Gasteiger partial charge is 0.270 e. The van der Waals surface area contributed by atoms with Gasteiger partial charge < -0.3 is 29.6 Å². The van der Waals surface area contributed by atoms with Crippen molar-refractivity contribution in [3.8, 4) is 0 Å². The van der Waals surface area contributed by atoms with Crippen LogP contribution in [0, 0.1) is 13.8 Å². The molecule has 348 valence electrons. The minimum atomic E-state index is -3.23. The highest BCUT2D eigenvalue weighted by Crippen LogP contribution is 2.52. The van der Waals surface area contributed by atoms with Gasteiger partial charge in [-0.05, 0) is 101 Å². The van der Waals surface area contributed by atoms with E-state index >= 15 is 0 Å². The Bertz CT molecular complexity index is 2780. The van der Waals surface area contributed by atoms with Gasteiger partial charge >= 0.3 is 0 Å². The molecule has 0 atom stereocenters. The highest BCUT2D eigenvalue weighted by molar-refractivity contribution is 7.94. The van der Waals surface area contributed by atoms with Gasteiger partial charge in [0.1, 0.15) is 22.5 Å². The molecule has 18 heteroatoms. The van der Waals surface area contributed by atoms with Crippen molar-refractivity contribution in [1.29, 1.82) is 0 Å². The molecule has 4 aliphatic carbocycles. The molecule has 10 rings (SSSR count). The van der Waals surface area contributed by atoms with E-state index in [4.69, 9.17) is 0 Å². The molecule has 4 aromatic rings. The number of carbonyl (C=O) groups is 4. The first-order valence-electron chi connectivity index (χ1n) is 22.6. The van der Waals surface area contributed by atoms with E-state index < -0.39 is 52.1 Å². The second-order valence-corrected chi connectivity index (χ2v) is 24.1. The molecule has 0 bridgehead atoms. The molecule has 2 aliphatic heterocycles. The number of aryl methyl sites for hydroxylation is 2. The standard InChI is InChI=1S/2C24H27N3O5S/c2*1-16-2-4-17(5-3-16)14-25-21(28)19-8-9-20-23(30)26(12-13-27(20)22(19)29)15-24(10-11-24)33(31,32)18-6-7-18/h2*2-5,8-9,18H,6-7,10-15H2,1H3,(H,25,28). The lowest BCUT2D eigenvalue weighted by atomic mass is 10.1. The van der Waals surface area contributed by atoms with E-state index in [1.54, 1.807) is 9.80 Å². The summed E-state index contributed by atoms with van der Waals surface area (Å²) in [6.07, 6.45) is 5.20. The summed E-state index contributed by atoms with van der Waals surface area (Å²) in [5.41, 5.74) is 3.44. The molecule has 4 fully saturated rings. The number of hydrogen-bond donors (Lipinski definition) is 2. The number of rotatable bonds is 14. The van der Waals surface area contributed by atoms with Crippen molar-refractivity contribution in [3.05, 3.63) is 138 Å². The monoisotopic (exact) mass is 938 g/mol. The van der Waals surface area contributed by atoms with Crippen LogP contribution < -0.4 is 21.8 Å². The van der Waals surface area contributed by atoms with E-state index in [2.05, 4.69) is 10.6 Å². The summed E-state index contributed by atoms with van der Waals surface area (Å²) in [5.74, 6) is -1.69. The fourth-order valence-electron chi connectivity index (χ4n) is 9.06. The Morgan fingerprint density at radius 3 is 1.20 bits per heavy atom. The lowest BCUT2D eigenvalue weighted by molar-refractivity contribution is 0.0688. The molecule has 0 spiro atoms. The molecule has 4 amide bonds. The van der Waals surface area contributed by atoms with Crippen LogP contribution in [0.2, 0.25) is 0 Å². The Kier molecular flexibility index (Phi) is 11.7. The molecule has 4 heterocycles. The number of sulfone groups is 2. The second kappa shape index (κ2) is 17.1. The molecule has 16 nitrogen and oxygen atoms in total. The Morgan fingerprint density at radius 2 is 0.879 bits per heavy atom. The minimum Gasteiger partial charge on any atom is -0.348 e. The lowest BCUT2D eigenvalue weighted by Crippen LogP contribution is -2.50. The summed E-state index contributed by atoms with van der Waals surface area (Å²) in [5, 5.41) is 5.01. The molecular formula is C48H54N6O10S2. The number of hydrogen-bond acceptors (Lipinski definition) is 10. The van der Waals surface area contributed by atoms with Crippen LogP contribution in [0.5, 0.6) is 0 Å². The largest absolute Gasteiger partial charge is 0.348 e. The number of pyridine rings is 2. The normalized spacial score (nSPS) is 19.2. The van der Waals surface area contributed by atoms with Gasteiger partial charge in [0.15, 0.2) is 19.7 Å². The first-order valence-corrected chi connectivity index (χ1v) is 25.7. The van der Waals surface area contributed by atoms with Gasteiger partial charge in [-0.3, -0.25) is 28.8 Å². The average Bonchev–Trinajstić information content (AvgIpc) is 4.08. The fraction of sp³-hybridized carbons (Fsp3) is 0.458. The number of nitrogens with zero attached hydrogens (tertiary/aromatic N) is 4. The van der Waals surface area contributed by atoms with Crippen LogP contribution in [0.15, 0.2) is 82.4 Å². The summed E-state index contributed by atoms with van der Waals surface area (Å²) in [6, 6.07) is 21.2. The molecule has 2 aromatic heterocycles. The van der Waals surface area contributed by atoms with Gasteiger partial charge in [-0.25, -0.2) is 16.8 Å². The molecule has 2 aromatic carbocycles. The van der Waals surface area contributed by atoms with E-state index in [9.17, 15) is 45.6 Å². The summed E-state index contributed by atoms with van der Waals surface area (Å²) in [4.78, 5) is 80.4. The molecule has 2 N–H and O–H groups in total. The molecule has 4 saturated carbocycles. The summed E-state index contributed by atoms with van der Waals surface area (Å²) < 4.78 is 52.3. The van der Waals surface area contributed by atoms with Crippen molar-refractivity contribution in [3.63, 3.8) is 0 Å². The number of aromatic nitrogens is 2. The quantitative estimate of drug-likeness (QED) is 0.188.